The van der Waals surface area contributed by atoms with E-state index in [0.717, 1.165) is 16.8 Å². The molecule has 11 heteroatoms. The Balaban J connectivity index is 1.49. The number of nitrogens with one attached hydrogen (secondary N) is 2. The molecule has 1 aliphatic rings. The van der Waals surface area contributed by atoms with Crippen molar-refractivity contribution in [1.82, 2.24) is 29.9 Å². The normalized spacial score (nSPS) is 12.2. The number of pyridine rings is 1. The van der Waals surface area contributed by atoms with Crippen molar-refractivity contribution in [2.24, 2.45) is 0 Å². The van der Waals surface area contributed by atoms with Gasteiger partial charge in [0.1, 0.15) is 5.82 Å². The first-order valence-corrected chi connectivity index (χ1v) is 12.6. The summed E-state index contributed by atoms with van der Waals surface area (Å²) < 4.78 is 1.85. The monoisotopic (exact) mass is 530 g/mol. The lowest BCUT2D eigenvalue weighted by molar-refractivity contribution is 0.0826. The van der Waals surface area contributed by atoms with Gasteiger partial charge in [-0.2, -0.15) is 5.10 Å². The van der Waals surface area contributed by atoms with Crippen molar-refractivity contribution in [3.05, 3.63) is 76.9 Å². The molecule has 0 atom stereocenters. The second-order valence-electron chi connectivity index (χ2n) is 10.0. The van der Waals surface area contributed by atoms with Crippen molar-refractivity contribution >= 4 is 35.4 Å². The molecular formula is C28H34N8O3. The van der Waals surface area contributed by atoms with Gasteiger partial charge in [-0.15, -0.1) is 0 Å². The maximum atomic E-state index is 13.3. The minimum Gasteiger partial charge on any atom is -0.347 e. The number of hydrogen-bond donors (Lipinski definition) is 2. The highest BCUT2D eigenvalue weighted by atomic mass is 16.2. The fourth-order valence-corrected chi connectivity index (χ4v) is 4.08. The molecule has 0 radical (unpaired) electrons. The molecule has 4 rings (SSSR count). The van der Waals surface area contributed by atoms with Gasteiger partial charge in [0, 0.05) is 64.4 Å². The van der Waals surface area contributed by atoms with E-state index in [4.69, 9.17) is 0 Å². The molecule has 0 saturated carbocycles. The van der Waals surface area contributed by atoms with Crippen LogP contribution in [0.25, 0.3) is 6.08 Å². The van der Waals surface area contributed by atoms with E-state index in [0.29, 0.717) is 35.9 Å². The van der Waals surface area contributed by atoms with Crippen LogP contribution < -0.4 is 15.5 Å². The minimum atomic E-state index is -0.272. The number of anilines is 2. The molecule has 1 aromatic carbocycles. The summed E-state index contributed by atoms with van der Waals surface area (Å²) in [6.45, 7) is 4.77. The van der Waals surface area contributed by atoms with Crippen LogP contribution >= 0.6 is 0 Å². The Labute approximate surface area is 228 Å². The number of carbonyl (C=O) groups excluding carboxylic acids is 3. The topological polar surface area (TPSA) is 116 Å². The Kier molecular flexibility index (Phi) is 7.99. The van der Waals surface area contributed by atoms with Crippen LogP contribution in [-0.2, 0) is 13.1 Å². The third-order valence-electron chi connectivity index (χ3n) is 6.25. The van der Waals surface area contributed by atoms with Gasteiger partial charge in [-0.05, 0) is 49.8 Å². The molecule has 204 valence electrons. The SMILES string of the molecule is CC(C)n1nc(C(=O)NCc2ccc(NC(=O)N(C)C)cc2)c2c1C=CN(c1ccc(C(=O)N(C)C)cn1)C2. The number of amides is 4. The predicted octanol–water partition coefficient (Wildman–Crippen LogP) is 3.58. The molecule has 3 heterocycles. The highest BCUT2D eigenvalue weighted by Gasteiger charge is 2.27. The molecule has 1 aliphatic heterocycles. The molecular weight excluding hydrogens is 496 g/mol. The van der Waals surface area contributed by atoms with Gasteiger partial charge >= 0.3 is 6.03 Å². The maximum Gasteiger partial charge on any atom is 0.321 e. The van der Waals surface area contributed by atoms with Crippen molar-refractivity contribution in [2.45, 2.75) is 33.0 Å². The molecule has 4 amide bonds. The van der Waals surface area contributed by atoms with Crippen molar-refractivity contribution < 1.29 is 14.4 Å². The molecule has 0 aliphatic carbocycles. The van der Waals surface area contributed by atoms with Gasteiger partial charge < -0.3 is 25.3 Å². The zero-order valence-electron chi connectivity index (χ0n) is 23.1. The van der Waals surface area contributed by atoms with Crippen LogP contribution in [0.4, 0.5) is 16.3 Å². The standard InChI is InChI=1S/C28H34N8O3/c1-18(2)36-23-13-14-35(24-12-9-20(16-29-24)27(38)33(3)4)17-22(23)25(32-36)26(37)30-15-19-7-10-21(11-8-19)31-28(39)34(5)6/h7-14,16,18H,15,17H2,1-6H3,(H,30,37)(H,31,39). The molecule has 0 bridgehead atoms. The molecule has 0 saturated heterocycles. The first kappa shape index (κ1) is 27.4. The summed E-state index contributed by atoms with van der Waals surface area (Å²) >= 11 is 0. The third-order valence-corrected chi connectivity index (χ3v) is 6.25. The van der Waals surface area contributed by atoms with Crippen molar-refractivity contribution in [3.8, 4) is 0 Å². The van der Waals surface area contributed by atoms with Gasteiger partial charge in [0.05, 0.1) is 17.8 Å². The Bertz CT molecular complexity index is 1390. The molecule has 39 heavy (non-hydrogen) atoms. The Hall–Kier alpha value is -4.67. The number of nitrogens with zero attached hydrogens (tertiary/aromatic N) is 6. The number of benzene rings is 1. The van der Waals surface area contributed by atoms with Gasteiger partial charge in [-0.25, -0.2) is 9.78 Å². The minimum absolute atomic E-state index is 0.0656. The van der Waals surface area contributed by atoms with Crippen molar-refractivity contribution in [1.29, 1.82) is 0 Å². The van der Waals surface area contributed by atoms with E-state index < -0.39 is 0 Å². The van der Waals surface area contributed by atoms with E-state index in [-0.39, 0.29) is 23.9 Å². The molecule has 0 spiro atoms. The smallest absolute Gasteiger partial charge is 0.321 e. The number of aromatic nitrogens is 3. The number of rotatable bonds is 7. The molecule has 3 aromatic rings. The van der Waals surface area contributed by atoms with Crippen LogP contribution in [0, 0.1) is 0 Å². The Morgan fingerprint density at radius 3 is 2.31 bits per heavy atom. The fraction of sp³-hybridized carbons (Fsp3) is 0.321. The zero-order valence-corrected chi connectivity index (χ0v) is 23.1. The van der Waals surface area contributed by atoms with E-state index in [2.05, 4.69) is 20.7 Å². The average Bonchev–Trinajstić information content (AvgIpc) is 3.31. The Morgan fingerprint density at radius 1 is 1.00 bits per heavy atom. The molecule has 11 nitrogen and oxygen atoms in total. The summed E-state index contributed by atoms with van der Waals surface area (Å²) in [7, 11) is 6.75. The fourth-order valence-electron chi connectivity index (χ4n) is 4.08. The van der Waals surface area contributed by atoms with E-state index >= 15 is 0 Å². The quantitative estimate of drug-likeness (QED) is 0.483. The summed E-state index contributed by atoms with van der Waals surface area (Å²) in [6.07, 6.45) is 5.41. The highest BCUT2D eigenvalue weighted by molar-refractivity contribution is 5.95. The van der Waals surface area contributed by atoms with Crippen LogP contribution in [0.1, 0.15) is 57.6 Å². The molecule has 2 N–H and O–H groups in total. The van der Waals surface area contributed by atoms with Gasteiger partial charge in [-0.3, -0.25) is 14.3 Å². The van der Waals surface area contributed by atoms with Crippen LogP contribution in [0.3, 0.4) is 0 Å². The number of fused-ring (bicyclic) bond motifs is 1. The van der Waals surface area contributed by atoms with Gasteiger partial charge in [-0.1, -0.05) is 12.1 Å². The van der Waals surface area contributed by atoms with Crippen molar-refractivity contribution in [2.75, 3.05) is 38.4 Å². The van der Waals surface area contributed by atoms with Crippen LogP contribution in [0.15, 0.2) is 48.8 Å². The number of carbonyl (C=O) groups is 3. The molecule has 0 fully saturated rings. The first-order valence-electron chi connectivity index (χ1n) is 12.6. The van der Waals surface area contributed by atoms with Crippen LogP contribution in [0.5, 0.6) is 0 Å². The summed E-state index contributed by atoms with van der Waals surface area (Å²) in [5, 5.41) is 10.4. The summed E-state index contributed by atoms with van der Waals surface area (Å²) in [5.41, 5.74) is 4.12. The second-order valence-corrected chi connectivity index (χ2v) is 10.0. The van der Waals surface area contributed by atoms with Gasteiger partial charge in [0.15, 0.2) is 5.69 Å². The zero-order chi connectivity index (χ0) is 28.3. The lowest BCUT2D eigenvalue weighted by Crippen LogP contribution is -2.27. The Morgan fingerprint density at radius 2 is 1.72 bits per heavy atom. The summed E-state index contributed by atoms with van der Waals surface area (Å²) in [5.74, 6) is 0.277. The van der Waals surface area contributed by atoms with Gasteiger partial charge in [0.25, 0.3) is 11.8 Å². The molecule has 2 aromatic heterocycles. The van der Waals surface area contributed by atoms with E-state index in [9.17, 15) is 14.4 Å². The summed E-state index contributed by atoms with van der Waals surface area (Å²) in [4.78, 5) is 46.7. The lowest BCUT2D eigenvalue weighted by Gasteiger charge is -2.24. The van der Waals surface area contributed by atoms with E-state index in [1.165, 1.54) is 9.80 Å². The van der Waals surface area contributed by atoms with E-state index in [1.54, 1.807) is 58.7 Å². The molecule has 0 unspecified atom stereocenters. The summed E-state index contributed by atoms with van der Waals surface area (Å²) in [6, 6.07) is 10.7. The largest absolute Gasteiger partial charge is 0.347 e. The van der Waals surface area contributed by atoms with E-state index in [1.807, 2.05) is 47.8 Å². The van der Waals surface area contributed by atoms with Crippen molar-refractivity contribution in [3.63, 3.8) is 0 Å². The number of hydrogen-bond acceptors (Lipinski definition) is 6. The highest BCUT2D eigenvalue weighted by Crippen LogP contribution is 2.28. The first-order chi connectivity index (χ1) is 18.5. The maximum absolute atomic E-state index is 13.3. The predicted molar refractivity (Wildman–Crippen MR) is 150 cm³/mol. The van der Waals surface area contributed by atoms with Crippen LogP contribution in [0.2, 0.25) is 0 Å². The van der Waals surface area contributed by atoms with Crippen LogP contribution in [-0.4, -0.2) is 70.6 Å². The van der Waals surface area contributed by atoms with Gasteiger partial charge in [0.2, 0.25) is 0 Å². The third kappa shape index (κ3) is 6.08. The second kappa shape index (κ2) is 11.4. The number of urea groups is 1. The lowest BCUT2D eigenvalue weighted by atomic mass is 10.1. The average molecular weight is 531 g/mol.